The van der Waals surface area contributed by atoms with Gasteiger partial charge >= 0.3 is 0 Å². The standard InChI is InChI=1S/C19H19NO3/c1-13-3-7-16(8-4-13)14(2)20-19(21)10-6-15-5-9-17-18(11-15)23-12-22-17/h3-11,14H,12H2,1-2H3,(H,20,21)/b10-6+/t14-/m0/s1. The van der Waals surface area contributed by atoms with Crippen molar-refractivity contribution in [2.45, 2.75) is 19.9 Å². The van der Waals surface area contributed by atoms with Gasteiger partial charge in [0.1, 0.15) is 0 Å². The van der Waals surface area contributed by atoms with Gasteiger partial charge in [0.25, 0.3) is 0 Å². The van der Waals surface area contributed by atoms with E-state index in [1.54, 1.807) is 6.08 Å². The van der Waals surface area contributed by atoms with Gasteiger partial charge in [0.2, 0.25) is 12.7 Å². The van der Waals surface area contributed by atoms with Crippen LogP contribution in [0.2, 0.25) is 0 Å². The van der Waals surface area contributed by atoms with Crippen molar-refractivity contribution in [2.75, 3.05) is 6.79 Å². The average Bonchev–Trinajstić information content (AvgIpc) is 3.01. The lowest BCUT2D eigenvalue weighted by atomic mass is 10.1. The van der Waals surface area contributed by atoms with E-state index in [0.29, 0.717) is 5.75 Å². The molecule has 1 N–H and O–H groups in total. The summed E-state index contributed by atoms with van der Waals surface area (Å²) >= 11 is 0. The van der Waals surface area contributed by atoms with Gasteiger partial charge in [-0.2, -0.15) is 0 Å². The van der Waals surface area contributed by atoms with Crippen molar-refractivity contribution in [1.29, 1.82) is 0 Å². The number of hydrogen-bond donors (Lipinski definition) is 1. The van der Waals surface area contributed by atoms with Gasteiger partial charge in [0, 0.05) is 6.08 Å². The molecule has 23 heavy (non-hydrogen) atoms. The first kappa shape index (κ1) is 15.2. The zero-order valence-electron chi connectivity index (χ0n) is 13.2. The first-order valence-corrected chi connectivity index (χ1v) is 7.56. The molecule has 0 aliphatic carbocycles. The van der Waals surface area contributed by atoms with Gasteiger partial charge in [-0.15, -0.1) is 0 Å². The maximum atomic E-state index is 12.0. The van der Waals surface area contributed by atoms with Crippen molar-refractivity contribution in [2.24, 2.45) is 0 Å². The van der Waals surface area contributed by atoms with Crippen LogP contribution in [0.25, 0.3) is 6.08 Å². The molecule has 4 heteroatoms. The smallest absolute Gasteiger partial charge is 0.244 e. The van der Waals surface area contributed by atoms with Crippen molar-refractivity contribution < 1.29 is 14.3 Å². The van der Waals surface area contributed by atoms with Gasteiger partial charge in [-0.25, -0.2) is 0 Å². The molecule has 0 bridgehead atoms. The summed E-state index contributed by atoms with van der Waals surface area (Å²) < 4.78 is 10.6. The number of nitrogens with one attached hydrogen (secondary N) is 1. The fourth-order valence-electron chi connectivity index (χ4n) is 2.39. The highest BCUT2D eigenvalue weighted by atomic mass is 16.7. The second kappa shape index (κ2) is 6.57. The third-order valence-corrected chi connectivity index (χ3v) is 3.76. The van der Waals surface area contributed by atoms with Crippen molar-refractivity contribution in [3.05, 3.63) is 65.2 Å². The zero-order chi connectivity index (χ0) is 16.2. The minimum absolute atomic E-state index is 0.0375. The van der Waals surface area contributed by atoms with Crippen LogP contribution in [0.4, 0.5) is 0 Å². The molecule has 4 nitrogen and oxygen atoms in total. The normalized spacial score (nSPS) is 14.0. The molecule has 1 aliphatic heterocycles. The molecule has 0 aromatic heterocycles. The van der Waals surface area contributed by atoms with E-state index >= 15 is 0 Å². The molecule has 2 aromatic carbocycles. The van der Waals surface area contributed by atoms with E-state index < -0.39 is 0 Å². The lowest BCUT2D eigenvalue weighted by Crippen LogP contribution is -2.24. The SMILES string of the molecule is Cc1ccc([C@H](C)NC(=O)/C=C/c2ccc3c(c2)OCO3)cc1. The minimum atomic E-state index is -0.129. The Morgan fingerprint density at radius 3 is 2.65 bits per heavy atom. The number of ether oxygens (including phenoxy) is 2. The predicted octanol–water partition coefficient (Wildman–Crippen LogP) is 3.61. The summed E-state index contributed by atoms with van der Waals surface area (Å²) in [6, 6.07) is 13.7. The summed E-state index contributed by atoms with van der Waals surface area (Å²) in [5.74, 6) is 1.32. The monoisotopic (exact) mass is 309 g/mol. The summed E-state index contributed by atoms with van der Waals surface area (Å²) in [7, 11) is 0. The van der Waals surface area contributed by atoms with E-state index in [1.807, 2.05) is 56.3 Å². The van der Waals surface area contributed by atoms with E-state index in [-0.39, 0.29) is 18.7 Å². The van der Waals surface area contributed by atoms with Gasteiger partial charge in [0.05, 0.1) is 6.04 Å². The minimum Gasteiger partial charge on any atom is -0.454 e. The van der Waals surface area contributed by atoms with Gasteiger partial charge in [-0.3, -0.25) is 4.79 Å². The Morgan fingerprint density at radius 2 is 1.87 bits per heavy atom. The van der Waals surface area contributed by atoms with E-state index in [2.05, 4.69) is 5.32 Å². The quantitative estimate of drug-likeness (QED) is 0.878. The number of rotatable bonds is 4. The van der Waals surface area contributed by atoms with Crippen LogP contribution in [0.1, 0.15) is 29.7 Å². The fraction of sp³-hybridized carbons (Fsp3) is 0.211. The third kappa shape index (κ3) is 3.72. The molecular weight excluding hydrogens is 290 g/mol. The highest BCUT2D eigenvalue weighted by Crippen LogP contribution is 2.32. The first-order chi connectivity index (χ1) is 11.1. The van der Waals surface area contributed by atoms with Gasteiger partial charge in [0.15, 0.2) is 11.5 Å². The lowest BCUT2D eigenvalue weighted by molar-refractivity contribution is -0.117. The molecule has 3 rings (SSSR count). The fourth-order valence-corrected chi connectivity index (χ4v) is 2.39. The van der Waals surface area contributed by atoms with Crippen LogP contribution < -0.4 is 14.8 Å². The Bertz CT molecular complexity index is 735. The highest BCUT2D eigenvalue weighted by molar-refractivity contribution is 5.92. The number of fused-ring (bicyclic) bond motifs is 1. The molecule has 0 spiro atoms. The summed E-state index contributed by atoms with van der Waals surface area (Å²) in [6.45, 7) is 4.26. The second-order valence-corrected chi connectivity index (χ2v) is 5.59. The molecule has 1 heterocycles. The van der Waals surface area contributed by atoms with E-state index in [4.69, 9.17) is 9.47 Å². The molecule has 1 aliphatic rings. The molecule has 1 amide bonds. The van der Waals surface area contributed by atoms with Crippen molar-refractivity contribution in [3.63, 3.8) is 0 Å². The molecule has 1 atom stereocenters. The number of carbonyl (C=O) groups excluding carboxylic acids is 1. The molecule has 2 aromatic rings. The van der Waals surface area contributed by atoms with Crippen molar-refractivity contribution >= 4 is 12.0 Å². The summed E-state index contributed by atoms with van der Waals surface area (Å²) in [5, 5.41) is 2.96. The molecule has 0 radical (unpaired) electrons. The predicted molar refractivity (Wildman–Crippen MR) is 89.3 cm³/mol. The Kier molecular flexibility index (Phi) is 4.33. The van der Waals surface area contributed by atoms with E-state index in [1.165, 1.54) is 11.6 Å². The Hall–Kier alpha value is -2.75. The first-order valence-electron chi connectivity index (χ1n) is 7.56. The van der Waals surface area contributed by atoms with Crippen LogP contribution in [0.15, 0.2) is 48.5 Å². The van der Waals surface area contributed by atoms with Crippen LogP contribution in [0.3, 0.4) is 0 Å². The molecule has 0 saturated carbocycles. The van der Waals surface area contributed by atoms with Gasteiger partial charge in [-0.05, 0) is 43.2 Å². The maximum Gasteiger partial charge on any atom is 0.244 e. The Balaban J connectivity index is 1.61. The van der Waals surface area contributed by atoms with E-state index in [0.717, 1.165) is 16.9 Å². The number of carbonyl (C=O) groups is 1. The second-order valence-electron chi connectivity index (χ2n) is 5.59. The molecule has 0 unspecified atom stereocenters. The van der Waals surface area contributed by atoms with Crippen LogP contribution in [0, 0.1) is 6.92 Å². The summed E-state index contributed by atoms with van der Waals surface area (Å²) in [6.07, 6.45) is 3.29. The highest BCUT2D eigenvalue weighted by Gasteiger charge is 2.12. The van der Waals surface area contributed by atoms with E-state index in [9.17, 15) is 4.79 Å². The number of aryl methyl sites for hydroxylation is 1. The van der Waals surface area contributed by atoms with Crippen LogP contribution >= 0.6 is 0 Å². The topological polar surface area (TPSA) is 47.6 Å². The number of hydrogen-bond acceptors (Lipinski definition) is 3. The van der Waals surface area contributed by atoms with Crippen molar-refractivity contribution in [1.82, 2.24) is 5.32 Å². The molecule has 118 valence electrons. The zero-order valence-corrected chi connectivity index (χ0v) is 13.2. The summed E-state index contributed by atoms with van der Waals surface area (Å²) in [5.41, 5.74) is 3.18. The Morgan fingerprint density at radius 1 is 1.13 bits per heavy atom. The largest absolute Gasteiger partial charge is 0.454 e. The van der Waals surface area contributed by atoms with Crippen molar-refractivity contribution in [3.8, 4) is 11.5 Å². The van der Waals surface area contributed by atoms with Gasteiger partial charge in [-0.1, -0.05) is 35.9 Å². The molecular formula is C19H19NO3. The third-order valence-electron chi connectivity index (χ3n) is 3.76. The average molecular weight is 309 g/mol. The lowest BCUT2D eigenvalue weighted by Gasteiger charge is -2.13. The maximum absolute atomic E-state index is 12.0. The number of benzene rings is 2. The molecule has 0 saturated heterocycles. The Labute approximate surface area is 135 Å². The van der Waals surface area contributed by atoms with Crippen LogP contribution in [0.5, 0.6) is 11.5 Å². The van der Waals surface area contributed by atoms with Crippen LogP contribution in [-0.4, -0.2) is 12.7 Å². The van der Waals surface area contributed by atoms with Gasteiger partial charge < -0.3 is 14.8 Å². The number of amides is 1. The van der Waals surface area contributed by atoms with Crippen LogP contribution in [-0.2, 0) is 4.79 Å². The molecule has 0 fully saturated rings. The summed E-state index contributed by atoms with van der Waals surface area (Å²) in [4.78, 5) is 12.0.